The van der Waals surface area contributed by atoms with Crippen LogP contribution in [0.5, 0.6) is 23.0 Å². The first-order valence-electron chi connectivity index (χ1n) is 23.9. The molecule has 0 bridgehead atoms. The molecule has 2 aliphatic carbocycles. The molecule has 17 nitrogen and oxygen atoms in total. The third kappa shape index (κ3) is 11.8. The maximum atomic E-state index is 15.2. The number of methoxy groups -OCH3 is 1. The number of nitrogens with zero attached hydrogens (tertiary/aromatic N) is 4. The molecule has 1 heterocycles. The maximum absolute atomic E-state index is 15.2. The number of non-ortho nitro benzene ring substituents is 1. The number of carbonyl (C=O) groups excluding carboxylic acids is 2. The number of benzene rings is 4. The van der Waals surface area contributed by atoms with Crippen molar-refractivity contribution < 1.29 is 58.4 Å². The minimum atomic E-state index is -1.63. The van der Waals surface area contributed by atoms with Gasteiger partial charge in [-0.1, -0.05) is 30.1 Å². The quantitative estimate of drug-likeness (QED) is 0.0178. The van der Waals surface area contributed by atoms with Gasteiger partial charge in [0.2, 0.25) is 5.79 Å². The number of fused-ring (bicyclic) bond motifs is 2. The number of ether oxygens (including phenoxy) is 5. The Hall–Kier alpha value is -6.94. The summed E-state index contributed by atoms with van der Waals surface area (Å²) >= 11 is 0. The average molecular weight is 973 g/mol. The number of hydrogen-bond acceptors (Lipinski definition) is 15. The van der Waals surface area contributed by atoms with Gasteiger partial charge in [-0.15, -0.1) is 6.58 Å². The highest BCUT2D eigenvalue weighted by Gasteiger charge is 2.65. The van der Waals surface area contributed by atoms with Crippen molar-refractivity contribution in [1.82, 2.24) is 4.90 Å². The monoisotopic (exact) mass is 972 g/mol. The van der Waals surface area contributed by atoms with E-state index in [4.69, 9.17) is 33.7 Å². The molecule has 17 heteroatoms. The Morgan fingerprint density at radius 2 is 1.70 bits per heavy atom. The maximum Gasteiger partial charge on any atom is 0.269 e. The molecule has 6 atom stereocenters. The van der Waals surface area contributed by atoms with Gasteiger partial charge >= 0.3 is 0 Å². The van der Waals surface area contributed by atoms with Crippen molar-refractivity contribution in [3.05, 3.63) is 147 Å². The number of aliphatic hydroxyl groups excluding tert-OH is 3. The number of aliphatic hydroxyl groups is 3. The Kier molecular flexibility index (Phi) is 18.1. The molecule has 1 saturated carbocycles. The van der Waals surface area contributed by atoms with Gasteiger partial charge in [0.15, 0.2) is 6.29 Å². The largest absolute Gasteiger partial charge is 0.496 e. The summed E-state index contributed by atoms with van der Waals surface area (Å²) in [6.45, 7) is 3.85. The number of rotatable bonds is 26. The van der Waals surface area contributed by atoms with Crippen LogP contribution >= 0.6 is 0 Å². The summed E-state index contributed by atoms with van der Waals surface area (Å²) in [7, 11) is 1.48. The van der Waals surface area contributed by atoms with Crippen LogP contribution in [0.2, 0.25) is 0 Å². The van der Waals surface area contributed by atoms with Crippen LogP contribution in [-0.2, 0) is 20.9 Å². The van der Waals surface area contributed by atoms with Crippen molar-refractivity contribution in [3.8, 4) is 29.1 Å². The first-order valence-corrected chi connectivity index (χ1v) is 23.9. The first-order chi connectivity index (χ1) is 34.6. The van der Waals surface area contributed by atoms with E-state index in [-0.39, 0.29) is 76.7 Å². The molecule has 1 aliphatic heterocycles. The summed E-state index contributed by atoms with van der Waals surface area (Å²) in [5.74, 6) is -1.59. The van der Waals surface area contributed by atoms with E-state index in [1.807, 2.05) is 12.1 Å². The van der Waals surface area contributed by atoms with Crippen LogP contribution in [0.15, 0.2) is 114 Å². The molecule has 1 amide bonds. The molecule has 71 heavy (non-hydrogen) atoms. The van der Waals surface area contributed by atoms with Crippen LogP contribution in [0.4, 0.5) is 5.69 Å². The number of oxime groups is 1. The number of hydrogen-bond donors (Lipinski definition) is 3. The van der Waals surface area contributed by atoms with E-state index >= 15 is 4.79 Å². The predicted molar refractivity (Wildman–Crippen MR) is 261 cm³/mol. The highest BCUT2D eigenvalue weighted by molar-refractivity contribution is 6.03. The molecule has 4 aromatic carbocycles. The number of amides is 1. The Bertz CT molecular complexity index is 2600. The standard InChI is InChI=1S/C54H60N4O13/c1-3-26-68-54-50(57(22-27-67-28-25-61)53(63)38-14-10-36(33-55)11-15-38)32-47(56-69-35-37-12-16-41(17-13-37)58(64)65)45-30-39(8-4-6-23-59)44(9-5-7-24-60)51(52(45)54)46-31-43(19-21-49(46)71-54)70-42-18-20-48(66-2)40(29-42)34-62/h3,10-21,29-31,34,39,44,50-52,59-61H,1,4-9,22-28,32,35H2,2H3. The van der Waals surface area contributed by atoms with Crippen molar-refractivity contribution >= 4 is 23.6 Å². The molecule has 374 valence electrons. The van der Waals surface area contributed by atoms with Crippen molar-refractivity contribution in [1.29, 1.82) is 5.26 Å². The lowest BCUT2D eigenvalue weighted by molar-refractivity contribution is -0.384. The first kappa shape index (κ1) is 51.9. The molecule has 1 fully saturated rings. The van der Waals surface area contributed by atoms with Gasteiger partial charge in [-0.25, -0.2) is 0 Å². The summed E-state index contributed by atoms with van der Waals surface area (Å²) in [4.78, 5) is 46.0. The number of nitriles is 1. The lowest BCUT2D eigenvalue weighted by atomic mass is 9.55. The lowest BCUT2D eigenvalue weighted by Crippen LogP contribution is -2.70. The van der Waals surface area contributed by atoms with Crippen LogP contribution in [-0.4, -0.2) is 108 Å². The molecule has 0 saturated heterocycles. The summed E-state index contributed by atoms with van der Waals surface area (Å²) in [6.07, 6.45) is 8.50. The van der Waals surface area contributed by atoms with E-state index in [2.05, 4.69) is 18.7 Å². The number of nitro groups is 1. The smallest absolute Gasteiger partial charge is 0.269 e. The van der Waals surface area contributed by atoms with Gasteiger partial charge in [0, 0.05) is 55.4 Å². The topological polar surface area (TPSA) is 233 Å². The van der Waals surface area contributed by atoms with Gasteiger partial charge in [-0.2, -0.15) is 5.26 Å². The van der Waals surface area contributed by atoms with Crippen LogP contribution in [0.1, 0.15) is 88.3 Å². The number of aldehydes is 1. The summed E-state index contributed by atoms with van der Waals surface area (Å²) in [5.41, 5.74) is 3.62. The second-order valence-electron chi connectivity index (χ2n) is 17.6. The zero-order valence-electron chi connectivity index (χ0n) is 39.7. The lowest BCUT2D eigenvalue weighted by Gasteiger charge is -2.60. The second-order valence-corrected chi connectivity index (χ2v) is 17.6. The SMILES string of the molecule is C=CCOC12Oc3ccc(Oc4ccc(OC)c(C=O)c4)cc3C3C(CCCCO)C(CCCCO)C=C(C(=NOCc4ccc([N+](=O)[O-])cc4)CC1N(CCOCCO)C(=O)c1ccc(C#N)cc1)C32. The number of unbranched alkanes of at least 4 members (excludes halogenated alkanes) is 2. The molecule has 0 spiro atoms. The zero-order valence-corrected chi connectivity index (χ0v) is 39.7. The Morgan fingerprint density at radius 1 is 0.972 bits per heavy atom. The summed E-state index contributed by atoms with van der Waals surface area (Å²) in [6, 6.07) is 24.0. The number of nitro benzene ring substituents is 1. The Balaban J connectivity index is 1.45. The fourth-order valence-electron chi connectivity index (χ4n) is 10.2. The third-order valence-corrected chi connectivity index (χ3v) is 13.4. The molecule has 4 aromatic rings. The van der Waals surface area contributed by atoms with E-state index in [0.717, 1.165) is 11.1 Å². The van der Waals surface area contributed by atoms with E-state index in [9.17, 15) is 35.5 Å². The van der Waals surface area contributed by atoms with Gasteiger partial charge in [0.1, 0.15) is 35.6 Å². The van der Waals surface area contributed by atoms with Crippen LogP contribution in [0.3, 0.4) is 0 Å². The van der Waals surface area contributed by atoms with Crippen LogP contribution in [0, 0.1) is 39.2 Å². The van der Waals surface area contributed by atoms with Gasteiger partial charge < -0.3 is 48.7 Å². The molecule has 0 radical (unpaired) electrons. The van der Waals surface area contributed by atoms with E-state index < -0.39 is 34.5 Å². The number of carbonyl (C=O) groups is 2. The average Bonchev–Trinajstić information content (AvgIpc) is 3.39. The van der Waals surface area contributed by atoms with Gasteiger partial charge in [0.25, 0.3) is 11.6 Å². The van der Waals surface area contributed by atoms with Gasteiger partial charge in [-0.05, 0) is 121 Å². The highest BCUT2D eigenvalue weighted by Crippen LogP contribution is 2.62. The Morgan fingerprint density at radius 3 is 2.38 bits per heavy atom. The molecular weight excluding hydrogens is 913 g/mol. The summed E-state index contributed by atoms with van der Waals surface area (Å²) in [5, 5.41) is 55.6. The zero-order chi connectivity index (χ0) is 50.3. The Labute approximate surface area is 412 Å². The van der Waals surface area contributed by atoms with Crippen molar-refractivity contribution in [3.63, 3.8) is 0 Å². The van der Waals surface area contributed by atoms with Gasteiger partial charge in [-0.3, -0.25) is 19.7 Å². The van der Waals surface area contributed by atoms with Crippen LogP contribution in [0.25, 0.3) is 0 Å². The normalized spacial score (nSPS) is 21.4. The number of allylic oxidation sites excluding steroid dienone is 1. The van der Waals surface area contributed by atoms with Crippen molar-refractivity contribution in [2.75, 3.05) is 53.3 Å². The molecule has 3 aliphatic rings. The fourth-order valence-corrected chi connectivity index (χ4v) is 10.2. The minimum absolute atomic E-state index is 0.00153. The molecule has 7 rings (SSSR count). The van der Waals surface area contributed by atoms with Crippen molar-refractivity contribution in [2.24, 2.45) is 22.9 Å². The van der Waals surface area contributed by atoms with E-state index in [0.29, 0.717) is 95.8 Å². The minimum Gasteiger partial charge on any atom is -0.496 e. The highest BCUT2D eigenvalue weighted by atomic mass is 16.7. The molecule has 0 aromatic heterocycles. The molecular formula is C54H60N4O13. The van der Waals surface area contributed by atoms with E-state index in [1.54, 1.807) is 71.6 Å². The van der Waals surface area contributed by atoms with E-state index in [1.165, 1.54) is 19.2 Å². The second kappa shape index (κ2) is 24.8. The van der Waals surface area contributed by atoms with Gasteiger partial charge in [0.05, 0.1) is 67.3 Å². The summed E-state index contributed by atoms with van der Waals surface area (Å²) < 4.78 is 32.1. The fraction of sp³-hybridized carbons (Fsp3) is 0.407. The molecule has 3 N–H and O–H groups in total. The van der Waals surface area contributed by atoms with Crippen LogP contribution < -0.4 is 14.2 Å². The third-order valence-electron chi connectivity index (χ3n) is 13.4. The molecule has 6 unspecified atom stereocenters. The predicted octanol–water partition coefficient (Wildman–Crippen LogP) is 8.06. The van der Waals surface area contributed by atoms with Crippen molar-refractivity contribution in [2.45, 2.75) is 69.3 Å².